The number of hydrogen-bond donors (Lipinski definition) is 1. The standard InChI is InChI=1S/C21H23N3O3/c1-14-10-19(26-3)20(27-4)11-16(14)13-24(2)21(25)18-12-17(22-23-18)15-8-6-5-7-9-15/h5-12H,13H2,1-4H3,(H,22,23). The Morgan fingerprint density at radius 3 is 2.41 bits per heavy atom. The van der Waals surface area contributed by atoms with Crippen molar-refractivity contribution in [2.75, 3.05) is 21.3 Å². The van der Waals surface area contributed by atoms with Gasteiger partial charge in [0, 0.05) is 19.2 Å². The largest absolute Gasteiger partial charge is 0.493 e. The molecular weight excluding hydrogens is 342 g/mol. The number of benzene rings is 2. The van der Waals surface area contributed by atoms with Crippen LogP contribution in [0, 0.1) is 6.92 Å². The first-order valence-corrected chi connectivity index (χ1v) is 8.61. The maximum Gasteiger partial charge on any atom is 0.271 e. The molecule has 27 heavy (non-hydrogen) atoms. The number of aryl methyl sites for hydroxylation is 1. The minimum absolute atomic E-state index is 0.126. The molecule has 0 aliphatic carbocycles. The number of aromatic amines is 1. The molecular formula is C21H23N3O3. The summed E-state index contributed by atoms with van der Waals surface area (Å²) in [5.41, 5.74) is 4.18. The SMILES string of the molecule is COc1cc(C)c(CN(C)C(=O)c2cc(-c3ccccc3)n[nH]2)cc1OC. The predicted molar refractivity (Wildman–Crippen MR) is 104 cm³/mol. The van der Waals surface area contributed by atoms with E-state index in [0.717, 1.165) is 22.4 Å². The number of nitrogens with one attached hydrogen (secondary N) is 1. The van der Waals surface area contributed by atoms with Crippen LogP contribution >= 0.6 is 0 Å². The van der Waals surface area contributed by atoms with Crippen molar-refractivity contribution in [1.82, 2.24) is 15.1 Å². The van der Waals surface area contributed by atoms with E-state index in [0.29, 0.717) is 23.7 Å². The Hall–Kier alpha value is -3.28. The number of aromatic nitrogens is 2. The predicted octanol–water partition coefficient (Wildman–Crippen LogP) is 3.67. The molecule has 6 nitrogen and oxygen atoms in total. The van der Waals surface area contributed by atoms with Crippen LogP contribution in [0.25, 0.3) is 11.3 Å². The Kier molecular flexibility index (Phi) is 5.45. The monoisotopic (exact) mass is 365 g/mol. The highest BCUT2D eigenvalue weighted by atomic mass is 16.5. The summed E-state index contributed by atoms with van der Waals surface area (Å²) < 4.78 is 10.7. The van der Waals surface area contributed by atoms with E-state index < -0.39 is 0 Å². The van der Waals surface area contributed by atoms with Crippen LogP contribution in [-0.2, 0) is 6.54 Å². The third-order valence-electron chi connectivity index (χ3n) is 4.47. The number of amides is 1. The lowest BCUT2D eigenvalue weighted by molar-refractivity contribution is 0.0779. The molecule has 140 valence electrons. The highest BCUT2D eigenvalue weighted by molar-refractivity contribution is 5.93. The van der Waals surface area contributed by atoms with Gasteiger partial charge in [0.2, 0.25) is 0 Å². The van der Waals surface area contributed by atoms with Crippen molar-refractivity contribution in [2.24, 2.45) is 0 Å². The van der Waals surface area contributed by atoms with Crippen LogP contribution < -0.4 is 9.47 Å². The first kappa shape index (κ1) is 18.5. The van der Waals surface area contributed by atoms with Crippen molar-refractivity contribution in [3.05, 3.63) is 65.4 Å². The van der Waals surface area contributed by atoms with Gasteiger partial charge in [0.15, 0.2) is 11.5 Å². The van der Waals surface area contributed by atoms with Crippen LogP contribution in [0.2, 0.25) is 0 Å². The number of carbonyl (C=O) groups excluding carboxylic acids is 1. The smallest absolute Gasteiger partial charge is 0.271 e. The van der Waals surface area contributed by atoms with E-state index in [4.69, 9.17) is 9.47 Å². The molecule has 3 aromatic rings. The first-order chi connectivity index (χ1) is 13.0. The highest BCUT2D eigenvalue weighted by Gasteiger charge is 2.17. The maximum absolute atomic E-state index is 12.8. The van der Waals surface area contributed by atoms with E-state index >= 15 is 0 Å². The third-order valence-corrected chi connectivity index (χ3v) is 4.47. The zero-order chi connectivity index (χ0) is 19.4. The normalized spacial score (nSPS) is 10.5. The van der Waals surface area contributed by atoms with Crippen molar-refractivity contribution in [1.29, 1.82) is 0 Å². The van der Waals surface area contributed by atoms with Gasteiger partial charge in [0.25, 0.3) is 5.91 Å². The number of methoxy groups -OCH3 is 2. The zero-order valence-corrected chi connectivity index (χ0v) is 15.9. The molecule has 1 amide bonds. The van der Waals surface area contributed by atoms with Gasteiger partial charge in [0.1, 0.15) is 5.69 Å². The summed E-state index contributed by atoms with van der Waals surface area (Å²) in [6, 6.07) is 15.3. The van der Waals surface area contributed by atoms with Crippen LogP contribution in [0.3, 0.4) is 0 Å². The van der Waals surface area contributed by atoms with Crippen molar-refractivity contribution < 1.29 is 14.3 Å². The molecule has 3 rings (SSSR count). The Balaban J connectivity index is 1.78. The second-order valence-corrected chi connectivity index (χ2v) is 6.33. The van der Waals surface area contributed by atoms with Crippen molar-refractivity contribution in [3.63, 3.8) is 0 Å². The van der Waals surface area contributed by atoms with Gasteiger partial charge in [0.05, 0.1) is 19.9 Å². The molecule has 0 aliphatic heterocycles. The molecule has 0 bridgehead atoms. The number of rotatable bonds is 6. The molecule has 2 aromatic carbocycles. The molecule has 0 spiro atoms. The summed E-state index contributed by atoms with van der Waals surface area (Å²) in [4.78, 5) is 14.4. The first-order valence-electron chi connectivity index (χ1n) is 8.61. The lowest BCUT2D eigenvalue weighted by atomic mass is 10.1. The molecule has 0 saturated heterocycles. The minimum atomic E-state index is -0.126. The van der Waals surface area contributed by atoms with E-state index in [1.165, 1.54) is 0 Å². The van der Waals surface area contributed by atoms with Gasteiger partial charge in [-0.3, -0.25) is 9.89 Å². The average molecular weight is 365 g/mol. The second-order valence-electron chi connectivity index (χ2n) is 6.33. The summed E-state index contributed by atoms with van der Waals surface area (Å²) in [5, 5.41) is 7.10. The Morgan fingerprint density at radius 1 is 1.07 bits per heavy atom. The molecule has 0 aliphatic rings. The fourth-order valence-electron chi connectivity index (χ4n) is 2.91. The Labute approximate surface area is 158 Å². The molecule has 1 heterocycles. The molecule has 0 saturated carbocycles. The average Bonchev–Trinajstić information content (AvgIpc) is 3.19. The van der Waals surface area contributed by atoms with Crippen LogP contribution in [0.1, 0.15) is 21.6 Å². The molecule has 6 heteroatoms. The number of nitrogens with zero attached hydrogens (tertiary/aromatic N) is 2. The fourth-order valence-corrected chi connectivity index (χ4v) is 2.91. The van der Waals surface area contributed by atoms with E-state index in [9.17, 15) is 4.79 Å². The van der Waals surface area contributed by atoms with Crippen LogP contribution in [0.15, 0.2) is 48.5 Å². The van der Waals surface area contributed by atoms with Crippen LogP contribution in [0.5, 0.6) is 11.5 Å². The fraction of sp³-hybridized carbons (Fsp3) is 0.238. The molecule has 0 atom stereocenters. The summed E-state index contributed by atoms with van der Waals surface area (Å²) in [6.07, 6.45) is 0. The van der Waals surface area contributed by atoms with Gasteiger partial charge in [-0.15, -0.1) is 0 Å². The minimum Gasteiger partial charge on any atom is -0.493 e. The van der Waals surface area contributed by atoms with Gasteiger partial charge in [-0.25, -0.2) is 0 Å². The van der Waals surface area contributed by atoms with Gasteiger partial charge < -0.3 is 14.4 Å². The van der Waals surface area contributed by atoms with Gasteiger partial charge in [-0.2, -0.15) is 5.10 Å². The van der Waals surface area contributed by atoms with Crippen molar-refractivity contribution in [2.45, 2.75) is 13.5 Å². The third kappa shape index (κ3) is 3.95. The van der Waals surface area contributed by atoms with E-state index in [1.807, 2.05) is 49.4 Å². The summed E-state index contributed by atoms with van der Waals surface area (Å²) in [7, 11) is 4.97. The maximum atomic E-state index is 12.8. The highest BCUT2D eigenvalue weighted by Crippen LogP contribution is 2.31. The summed E-state index contributed by atoms with van der Waals surface area (Å²) >= 11 is 0. The van der Waals surface area contributed by atoms with Gasteiger partial charge in [-0.05, 0) is 36.2 Å². The van der Waals surface area contributed by atoms with Crippen LogP contribution in [0.4, 0.5) is 0 Å². The van der Waals surface area contributed by atoms with E-state index in [2.05, 4.69) is 10.2 Å². The molecule has 0 fully saturated rings. The lowest BCUT2D eigenvalue weighted by Crippen LogP contribution is -2.26. The molecule has 0 radical (unpaired) electrons. The Morgan fingerprint density at radius 2 is 1.74 bits per heavy atom. The number of ether oxygens (including phenoxy) is 2. The summed E-state index contributed by atoms with van der Waals surface area (Å²) in [5.74, 6) is 1.19. The van der Waals surface area contributed by atoms with Gasteiger partial charge >= 0.3 is 0 Å². The lowest BCUT2D eigenvalue weighted by Gasteiger charge is -2.19. The Bertz CT molecular complexity index is 935. The number of carbonyl (C=O) groups is 1. The second kappa shape index (κ2) is 7.95. The number of hydrogen-bond acceptors (Lipinski definition) is 4. The topological polar surface area (TPSA) is 67.5 Å². The van der Waals surface area contributed by atoms with Crippen molar-refractivity contribution in [3.8, 4) is 22.8 Å². The van der Waals surface area contributed by atoms with Crippen molar-refractivity contribution >= 4 is 5.91 Å². The van der Waals surface area contributed by atoms with E-state index in [-0.39, 0.29) is 5.91 Å². The molecule has 1 aromatic heterocycles. The summed E-state index contributed by atoms with van der Waals surface area (Å²) in [6.45, 7) is 2.43. The zero-order valence-electron chi connectivity index (χ0n) is 15.9. The van der Waals surface area contributed by atoms with E-state index in [1.54, 1.807) is 32.2 Å². The molecule has 1 N–H and O–H groups in total. The van der Waals surface area contributed by atoms with Crippen LogP contribution in [-0.4, -0.2) is 42.3 Å². The van der Waals surface area contributed by atoms with Gasteiger partial charge in [-0.1, -0.05) is 30.3 Å². The molecule has 0 unspecified atom stereocenters. The quantitative estimate of drug-likeness (QED) is 0.724. The number of H-pyrrole nitrogens is 1.